The normalized spacial score (nSPS) is 20.1. The lowest BCUT2D eigenvalue weighted by atomic mass is 10.0. The van der Waals surface area contributed by atoms with Crippen molar-refractivity contribution in [2.24, 2.45) is 5.92 Å². The Kier molecular flexibility index (Phi) is 3.32. The Morgan fingerprint density at radius 2 is 2.05 bits per heavy atom. The average molecular weight is 309 g/mol. The molecule has 1 heterocycles. The van der Waals surface area contributed by atoms with Crippen LogP contribution in [0.1, 0.15) is 24.0 Å². The van der Waals surface area contributed by atoms with Crippen LogP contribution in [0.2, 0.25) is 0 Å². The summed E-state index contributed by atoms with van der Waals surface area (Å²) in [4.78, 5) is 9.79. The van der Waals surface area contributed by atoms with E-state index in [9.17, 15) is 23.3 Å². The molecule has 0 amide bonds. The third-order valence-corrected chi connectivity index (χ3v) is 3.33. The van der Waals surface area contributed by atoms with Crippen molar-refractivity contribution in [3.8, 4) is 17.6 Å². The molecular weight excluding hydrogens is 299 g/mol. The summed E-state index contributed by atoms with van der Waals surface area (Å²) in [5.41, 5.74) is -0.194. The van der Waals surface area contributed by atoms with Gasteiger partial charge in [0.05, 0.1) is 4.92 Å². The SMILES string of the molecule is O=[N+]([O-])C1=Cc2cc(C#CC3CC3)ccc2OC1C(F)(F)F. The van der Waals surface area contributed by atoms with Gasteiger partial charge in [-0.1, -0.05) is 11.8 Å². The molecule has 1 aliphatic carbocycles. The maximum atomic E-state index is 12.8. The van der Waals surface area contributed by atoms with Crippen LogP contribution < -0.4 is 4.74 Å². The summed E-state index contributed by atoms with van der Waals surface area (Å²) >= 11 is 0. The number of nitro groups is 1. The van der Waals surface area contributed by atoms with Crippen LogP contribution in [0.3, 0.4) is 0 Å². The first-order valence-corrected chi connectivity index (χ1v) is 6.59. The fourth-order valence-corrected chi connectivity index (χ4v) is 2.06. The van der Waals surface area contributed by atoms with Gasteiger partial charge in [0.25, 0.3) is 11.8 Å². The number of benzene rings is 1. The van der Waals surface area contributed by atoms with Crippen LogP contribution in [0.4, 0.5) is 13.2 Å². The number of halogens is 3. The number of fused-ring (bicyclic) bond motifs is 1. The number of hydrogen-bond acceptors (Lipinski definition) is 3. The van der Waals surface area contributed by atoms with Gasteiger partial charge in [-0.15, -0.1) is 0 Å². The molecule has 2 aliphatic rings. The molecule has 114 valence electrons. The predicted octanol–water partition coefficient (Wildman–Crippen LogP) is 3.39. The minimum atomic E-state index is -4.85. The zero-order valence-corrected chi connectivity index (χ0v) is 11.2. The number of hydrogen-bond donors (Lipinski definition) is 0. The molecule has 1 atom stereocenters. The van der Waals surface area contributed by atoms with Gasteiger partial charge in [0.2, 0.25) is 0 Å². The van der Waals surface area contributed by atoms with Crippen LogP contribution >= 0.6 is 0 Å². The molecule has 4 nitrogen and oxygen atoms in total. The van der Waals surface area contributed by atoms with E-state index in [-0.39, 0.29) is 11.3 Å². The molecule has 0 N–H and O–H groups in total. The van der Waals surface area contributed by atoms with E-state index in [1.807, 2.05) is 0 Å². The van der Waals surface area contributed by atoms with Gasteiger partial charge in [-0.2, -0.15) is 13.2 Å². The highest BCUT2D eigenvalue weighted by Gasteiger charge is 2.51. The highest BCUT2D eigenvalue weighted by Crippen LogP contribution is 2.37. The summed E-state index contributed by atoms with van der Waals surface area (Å²) < 4.78 is 43.3. The average Bonchev–Trinajstić information content (AvgIpc) is 3.26. The summed E-state index contributed by atoms with van der Waals surface area (Å²) in [7, 11) is 0. The van der Waals surface area contributed by atoms with Gasteiger partial charge in [0.15, 0.2) is 0 Å². The molecule has 1 aliphatic heterocycles. The van der Waals surface area contributed by atoms with Crippen molar-refractivity contribution in [3.63, 3.8) is 0 Å². The second-order valence-electron chi connectivity index (χ2n) is 5.16. The monoisotopic (exact) mass is 309 g/mol. The molecule has 1 aromatic carbocycles. The van der Waals surface area contributed by atoms with E-state index in [0.29, 0.717) is 11.5 Å². The molecule has 1 fully saturated rings. The zero-order valence-electron chi connectivity index (χ0n) is 11.2. The lowest BCUT2D eigenvalue weighted by Crippen LogP contribution is -2.40. The number of ether oxygens (including phenoxy) is 1. The van der Waals surface area contributed by atoms with Gasteiger partial charge in [-0.25, -0.2) is 0 Å². The molecule has 0 saturated heterocycles. The van der Waals surface area contributed by atoms with E-state index in [4.69, 9.17) is 4.74 Å². The van der Waals surface area contributed by atoms with Crippen LogP contribution in [-0.4, -0.2) is 17.2 Å². The van der Waals surface area contributed by atoms with Gasteiger partial charge < -0.3 is 4.74 Å². The summed E-state index contributed by atoms with van der Waals surface area (Å²) in [6.07, 6.45) is -4.39. The Bertz CT molecular complexity index is 724. The van der Waals surface area contributed by atoms with Gasteiger partial charge in [0, 0.05) is 23.1 Å². The van der Waals surface area contributed by atoms with Crippen LogP contribution in [0.15, 0.2) is 23.9 Å². The number of nitrogens with zero attached hydrogens (tertiary/aromatic N) is 1. The molecule has 0 bridgehead atoms. The second-order valence-corrected chi connectivity index (χ2v) is 5.16. The topological polar surface area (TPSA) is 52.4 Å². The Morgan fingerprint density at radius 1 is 1.32 bits per heavy atom. The minimum Gasteiger partial charge on any atom is -0.469 e. The van der Waals surface area contributed by atoms with Crippen LogP contribution in [0, 0.1) is 27.9 Å². The van der Waals surface area contributed by atoms with E-state index in [1.54, 1.807) is 6.07 Å². The number of rotatable bonds is 1. The summed E-state index contributed by atoms with van der Waals surface area (Å²) in [5.74, 6) is 6.28. The van der Waals surface area contributed by atoms with E-state index >= 15 is 0 Å². The second kappa shape index (κ2) is 5.05. The zero-order chi connectivity index (χ0) is 15.9. The van der Waals surface area contributed by atoms with Crippen LogP contribution in [0.25, 0.3) is 6.08 Å². The highest BCUT2D eigenvalue weighted by molar-refractivity contribution is 5.64. The molecular formula is C15H10F3NO3. The highest BCUT2D eigenvalue weighted by atomic mass is 19.4. The van der Waals surface area contributed by atoms with Crippen molar-refractivity contribution in [2.45, 2.75) is 25.1 Å². The van der Waals surface area contributed by atoms with Crippen molar-refractivity contribution in [3.05, 3.63) is 45.1 Å². The van der Waals surface area contributed by atoms with Gasteiger partial charge >= 0.3 is 6.18 Å². The molecule has 0 radical (unpaired) electrons. The maximum Gasteiger partial charge on any atom is 0.436 e. The molecule has 0 aromatic heterocycles. The Labute approximate surface area is 123 Å². The first-order valence-electron chi connectivity index (χ1n) is 6.59. The summed E-state index contributed by atoms with van der Waals surface area (Å²) in [6, 6.07) is 4.41. The van der Waals surface area contributed by atoms with E-state index in [2.05, 4.69) is 11.8 Å². The molecule has 0 spiro atoms. The van der Waals surface area contributed by atoms with Gasteiger partial charge in [-0.05, 0) is 31.0 Å². The molecule has 1 saturated carbocycles. The fourth-order valence-electron chi connectivity index (χ4n) is 2.06. The fraction of sp³-hybridized carbons (Fsp3) is 0.333. The van der Waals surface area contributed by atoms with Gasteiger partial charge in [-0.3, -0.25) is 10.1 Å². The predicted molar refractivity (Wildman–Crippen MR) is 71.5 cm³/mol. The molecule has 7 heteroatoms. The Hall–Kier alpha value is -2.49. The third kappa shape index (κ3) is 2.91. The standard InChI is InChI=1S/C15H10F3NO3/c16-15(17,18)14-12(19(20)21)8-11-7-10(4-3-9-1-2-9)5-6-13(11)22-14/h5-9,14H,1-2H2. The maximum absolute atomic E-state index is 12.8. The van der Waals surface area contributed by atoms with E-state index in [0.717, 1.165) is 18.9 Å². The first kappa shape index (κ1) is 14.4. The van der Waals surface area contributed by atoms with Gasteiger partial charge in [0.1, 0.15) is 5.75 Å². The van der Waals surface area contributed by atoms with Crippen molar-refractivity contribution >= 4 is 6.08 Å². The first-order chi connectivity index (χ1) is 10.3. The summed E-state index contributed by atoms with van der Waals surface area (Å²) in [6.45, 7) is 0. The smallest absolute Gasteiger partial charge is 0.436 e. The lowest BCUT2D eigenvalue weighted by Gasteiger charge is -2.24. The third-order valence-electron chi connectivity index (χ3n) is 3.33. The molecule has 22 heavy (non-hydrogen) atoms. The summed E-state index contributed by atoms with van der Waals surface area (Å²) in [5, 5.41) is 10.9. The van der Waals surface area contributed by atoms with E-state index < -0.39 is 22.9 Å². The largest absolute Gasteiger partial charge is 0.469 e. The Morgan fingerprint density at radius 3 is 2.64 bits per heavy atom. The lowest BCUT2D eigenvalue weighted by molar-refractivity contribution is -0.443. The molecule has 1 unspecified atom stereocenters. The van der Waals surface area contributed by atoms with Crippen molar-refractivity contribution in [1.29, 1.82) is 0 Å². The molecule has 1 aromatic rings. The molecule has 3 rings (SSSR count). The number of alkyl halides is 3. The van der Waals surface area contributed by atoms with Crippen molar-refractivity contribution < 1.29 is 22.8 Å². The van der Waals surface area contributed by atoms with Crippen LogP contribution in [0.5, 0.6) is 5.75 Å². The Balaban J connectivity index is 1.98. The van der Waals surface area contributed by atoms with Crippen molar-refractivity contribution in [2.75, 3.05) is 0 Å². The van der Waals surface area contributed by atoms with Crippen molar-refractivity contribution in [1.82, 2.24) is 0 Å². The van der Waals surface area contributed by atoms with E-state index in [1.165, 1.54) is 12.1 Å². The minimum absolute atomic E-state index is 0.0371. The quantitative estimate of drug-likeness (QED) is 0.454. The van der Waals surface area contributed by atoms with Crippen LogP contribution in [-0.2, 0) is 0 Å².